The van der Waals surface area contributed by atoms with Crippen LogP contribution in [0, 0.1) is 5.82 Å². The largest absolute Gasteiger partial charge is 0.392 e. The highest BCUT2D eigenvalue weighted by atomic mass is 19.1. The van der Waals surface area contributed by atoms with Gasteiger partial charge in [0.2, 0.25) is 0 Å². The lowest BCUT2D eigenvalue weighted by atomic mass is 10.1. The zero-order chi connectivity index (χ0) is 16.7. The van der Waals surface area contributed by atoms with E-state index in [4.69, 9.17) is 4.74 Å². The molecule has 0 radical (unpaired) electrons. The molecule has 6 heteroatoms. The fraction of sp³-hybridized carbons (Fsp3) is 0.562. The summed E-state index contributed by atoms with van der Waals surface area (Å²) in [6, 6.07) is 4.39. The maximum Gasteiger partial charge on any atom is 0.317 e. The van der Waals surface area contributed by atoms with E-state index in [1.165, 1.54) is 13.2 Å². The third-order valence-electron chi connectivity index (χ3n) is 3.20. The highest BCUT2D eigenvalue weighted by molar-refractivity contribution is 5.74. The first-order valence-electron chi connectivity index (χ1n) is 7.34. The standard InChI is InChI=1S/C16H25FN2O3/c1-11(2)19(9-12(3)20)16(21)18-8-13-5-6-15(17)14(7-13)10-22-4/h5-7,11-12,20H,8-10H2,1-4H3,(H,18,21). The quantitative estimate of drug-likeness (QED) is 0.812. The van der Waals surface area contributed by atoms with Gasteiger partial charge in [-0.25, -0.2) is 9.18 Å². The van der Waals surface area contributed by atoms with Gasteiger partial charge < -0.3 is 20.1 Å². The fourth-order valence-corrected chi connectivity index (χ4v) is 2.10. The Hall–Kier alpha value is -1.66. The Morgan fingerprint density at radius 1 is 1.41 bits per heavy atom. The van der Waals surface area contributed by atoms with Gasteiger partial charge >= 0.3 is 6.03 Å². The molecule has 0 heterocycles. The molecule has 1 atom stereocenters. The first-order chi connectivity index (χ1) is 10.3. The molecule has 0 aromatic heterocycles. The lowest BCUT2D eigenvalue weighted by Crippen LogP contribution is -2.46. The van der Waals surface area contributed by atoms with E-state index in [1.54, 1.807) is 24.0 Å². The fourth-order valence-electron chi connectivity index (χ4n) is 2.10. The molecule has 0 aliphatic heterocycles. The molecule has 0 fully saturated rings. The van der Waals surface area contributed by atoms with Crippen LogP contribution < -0.4 is 5.32 Å². The van der Waals surface area contributed by atoms with Crippen LogP contribution in [0.3, 0.4) is 0 Å². The van der Waals surface area contributed by atoms with E-state index < -0.39 is 6.10 Å². The number of nitrogens with one attached hydrogen (secondary N) is 1. The Morgan fingerprint density at radius 2 is 2.09 bits per heavy atom. The Labute approximate surface area is 131 Å². The molecule has 0 aliphatic rings. The second-order valence-electron chi connectivity index (χ2n) is 5.61. The van der Waals surface area contributed by atoms with Crippen molar-refractivity contribution in [2.24, 2.45) is 0 Å². The molecule has 22 heavy (non-hydrogen) atoms. The molecule has 1 rings (SSSR count). The van der Waals surface area contributed by atoms with Crippen LogP contribution in [0.5, 0.6) is 0 Å². The van der Waals surface area contributed by atoms with Crippen LogP contribution >= 0.6 is 0 Å². The first-order valence-corrected chi connectivity index (χ1v) is 7.34. The van der Waals surface area contributed by atoms with Gasteiger partial charge in [-0.15, -0.1) is 0 Å². The lowest BCUT2D eigenvalue weighted by molar-refractivity contribution is 0.118. The predicted molar refractivity (Wildman–Crippen MR) is 82.9 cm³/mol. The molecule has 0 saturated carbocycles. The van der Waals surface area contributed by atoms with Crippen LogP contribution in [0.2, 0.25) is 0 Å². The molecule has 5 nitrogen and oxygen atoms in total. The number of aliphatic hydroxyl groups is 1. The number of urea groups is 1. The lowest BCUT2D eigenvalue weighted by Gasteiger charge is -2.28. The molecule has 1 aromatic carbocycles. The predicted octanol–water partition coefficient (Wildman–Crippen LogP) is 2.27. The number of ether oxygens (including phenoxy) is 1. The van der Waals surface area contributed by atoms with Crippen molar-refractivity contribution >= 4 is 6.03 Å². The van der Waals surface area contributed by atoms with E-state index in [-0.39, 0.29) is 31.0 Å². The normalized spacial score (nSPS) is 12.3. The molecule has 1 unspecified atom stereocenters. The van der Waals surface area contributed by atoms with Gasteiger partial charge in [0.05, 0.1) is 12.7 Å². The van der Waals surface area contributed by atoms with E-state index in [0.29, 0.717) is 12.1 Å². The highest BCUT2D eigenvalue weighted by Gasteiger charge is 2.18. The molecule has 2 N–H and O–H groups in total. The second kappa shape index (κ2) is 8.70. The van der Waals surface area contributed by atoms with Gasteiger partial charge in [-0.3, -0.25) is 0 Å². The van der Waals surface area contributed by atoms with E-state index in [1.807, 2.05) is 13.8 Å². The van der Waals surface area contributed by atoms with Crippen molar-refractivity contribution in [1.82, 2.24) is 10.2 Å². The number of halogens is 1. The third kappa shape index (κ3) is 5.61. The van der Waals surface area contributed by atoms with Crippen LogP contribution in [0.25, 0.3) is 0 Å². The van der Waals surface area contributed by atoms with E-state index in [0.717, 1.165) is 5.56 Å². The number of benzene rings is 1. The molecule has 0 saturated heterocycles. The van der Waals surface area contributed by atoms with Gasteiger partial charge in [0, 0.05) is 31.8 Å². The maximum absolute atomic E-state index is 13.5. The number of methoxy groups -OCH3 is 1. The Kier molecular flexibility index (Phi) is 7.27. The van der Waals surface area contributed by atoms with Crippen molar-refractivity contribution in [3.8, 4) is 0 Å². The van der Waals surface area contributed by atoms with Crippen LogP contribution in [-0.2, 0) is 17.9 Å². The average Bonchev–Trinajstić information content (AvgIpc) is 2.45. The summed E-state index contributed by atoms with van der Waals surface area (Å²) < 4.78 is 18.5. The number of amides is 2. The van der Waals surface area contributed by atoms with Gasteiger partial charge in [0.1, 0.15) is 5.82 Å². The molecule has 2 amide bonds. The van der Waals surface area contributed by atoms with Crippen molar-refractivity contribution in [2.75, 3.05) is 13.7 Å². The zero-order valence-electron chi connectivity index (χ0n) is 13.6. The summed E-state index contributed by atoms with van der Waals surface area (Å²) in [5.41, 5.74) is 1.25. The maximum atomic E-state index is 13.5. The van der Waals surface area contributed by atoms with E-state index >= 15 is 0 Å². The highest BCUT2D eigenvalue weighted by Crippen LogP contribution is 2.12. The number of hydrogen-bond donors (Lipinski definition) is 2. The number of rotatable bonds is 7. The molecular weight excluding hydrogens is 287 g/mol. The number of carbonyl (C=O) groups is 1. The van der Waals surface area contributed by atoms with Crippen LogP contribution in [0.1, 0.15) is 31.9 Å². The Morgan fingerprint density at radius 3 is 2.64 bits per heavy atom. The van der Waals surface area contributed by atoms with Gasteiger partial charge in [0.25, 0.3) is 0 Å². The molecule has 124 valence electrons. The monoisotopic (exact) mass is 312 g/mol. The minimum Gasteiger partial charge on any atom is -0.392 e. The Bertz CT molecular complexity index is 492. The smallest absolute Gasteiger partial charge is 0.317 e. The summed E-state index contributed by atoms with van der Waals surface area (Å²) in [4.78, 5) is 13.7. The van der Waals surface area contributed by atoms with Crippen LogP contribution in [0.15, 0.2) is 18.2 Å². The summed E-state index contributed by atoms with van der Waals surface area (Å²) in [5.74, 6) is -0.324. The van der Waals surface area contributed by atoms with Gasteiger partial charge in [-0.05, 0) is 38.5 Å². The summed E-state index contributed by atoms with van der Waals surface area (Å²) in [6.45, 7) is 6.15. The van der Waals surface area contributed by atoms with Crippen molar-refractivity contribution in [3.63, 3.8) is 0 Å². The van der Waals surface area contributed by atoms with E-state index in [2.05, 4.69) is 5.32 Å². The van der Waals surface area contributed by atoms with Crippen molar-refractivity contribution < 1.29 is 19.0 Å². The Balaban J connectivity index is 2.68. The number of carbonyl (C=O) groups excluding carboxylic acids is 1. The molecule has 0 spiro atoms. The third-order valence-corrected chi connectivity index (χ3v) is 3.20. The molecule has 0 aliphatic carbocycles. The molecule has 1 aromatic rings. The minimum atomic E-state index is -0.590. The summed E-state index contributed by atoms with van der Waals surface area (Å²) in [6.07, 6.45) is -0.590. The van der Waals surface area contributed by atoms with Crippen molar-refractivity contribution in [2.45, 2.75) is 46.1 Å². The number of aliphatic hydroxyl groups excluding tert-OH is 1. The molecular formula is C16H25FN2O3. The van der Waals surface area contributed by atoms with Gasteiger partial charge in [-0.2, -0.15) is 0 Å². The summed E-state index contributed by atoms with van der Waals surface area (Å²) in [5, 5.41) is 12.2. The minimum absolute atomic E-state index is 0.0214. The topological polar surface area (TPSA) is 61.8 Å². The zero-order valence-corrected chi connectivity index (χ0v) is 13.6. The molecule has 0 bridgehead atoms. The SMILES string of the molecule is COCc1cc(CNC(=O)N(CC(C)O)C(C)C)ccc1F. The number of hydrogen-bond acceptors (Lipinski definition) is 3. The number of nitrogens with zero attached hydrogens (tertiary/aromatic N) is 1. The first kappa shape index (κ1) is 18.4. The van der Waals surface area contributed by atoms with Crippen LogP contribution in [-0.4, -0.2) is 41.8 Å². The van der Waals surface area contributed by atoms with Crippen molar-refractivity contribution in [3.05, 3.63) is 35.1 Å². The summed E-state index contributed by atoms with van der Waals surface area (Å²) in [7, 11) is 1.50. The van der Waals surface area contributed by atoms with Crippen molar-refractivity contribution in [1.29, 1.82) is 0 Å². The van der Waals surface area contributed by atoms with Gasteiger partial charge in [0.15, 0.2) is 0 Å². The van der Waals surface area contributed by atoms with Crippen LogP contribution in [0.4, 0.5) is 9.18 Å². The second-order valence-corrected chi connectivity index (χ2v) is 5.61. The average molecular weight is 312 g/mol. The van der Waals surface area contributed by atoms with Gasteiger partial charge in [-0.1, -0.05) is 6.07 Å². The van der Waals surface area contributed by atoms with E-state index in [9.17, 15) is 14.3 Å². The summed E-state index contributed by atoms with van der Waals surface area (Å²) >= 11 is 0.